The van der Waals surface area contributed by atoms with Crippen LogP contribution in [0.25, 0.3) is 0 Å². The Morgan fingerprint density at radius 1 is 0.564 bits per heavy atom. The van der Waals surface area contributed by atoms with E-state index in [-0.39, 0.29) is 0 Å². The number of hydrogen-bond donors (Lipinski definition) is 1. The number of rotatable bonds is 27. The molecule has 0 aromatic rings. The smallest absolute Gasteiger partial charge is 0.323 e. The number of ether oxygens (including phenoxy) is 1. The molecule has 0 spiro atoms. The van der Waals surface area contributed by atoms with Crippen LogP contribution in [0.1, 0.15) is 104 Å². The van der Waals surface area contributed by atoms with E-state index in [1.807, 2.05) is 0 Å². The highest BCUT2D eigenvalue weighted by molar-refractivity contribution is 6.88. The quantitative estimate of drug-likeness (QED) is 0.0726. The third-order valence-corrected chi connectivity index (χ3v) is 20.5. The fourth-order valence-corrected chi connectivity index (χ4v) is 23.0. The van der Waals surface area contributed by atoms with Crippen LogP contribution >= 0.6 is 0 Å². The molecule has 39 heavy (non-hydrogen) atoms. The Balaban J connectivity index is 4.57. The van der Waals surface area contributed by atoms with E-state index in [9.17, 15) is 5.11 Å². The van der Waals surface area contributed by atoms with Gasteiger partial charge in [0, 0.05) is 0 Å². The van der Waals surface area contributed by atoms with Crippen molar-refractivity contribution >= 4 is 34.0 Å². The van der Waals surface area contributed by atoms with Gasteiger partial charge < -0.3 is 26.6 Å². The zero-order chi connectivity index (χ0) is 29.8. The summed E-state index contributed by atoms with van der Waals surface area (Å²) < 4.78 is 31.9. The second-order valence-electron chi connectivity index (χ2n) is 13.5. The molecule has 236 valence electrons. The second kappa shape index (κ2) is 21.3. The van der Waals surface area contributed by atoms with E-state index in [0.29, 0.717) is 19.8 Å². The molecule has 0 saturated carbocycles. The molecule has 0 aromatic carbocycles. The molecule has 2 unspecified atom stereocenters. The van der Waals surface area contributed by atoms with Crippen LogP contribution in [0, 0.1) is 0 Å². The van der Waals surface area contributed by atoms with Gasteiger partial charge in [-0.25, -0.2) is 0 Å². The predicted molar refractivity (Wildman–Crippen MR) is 177 cm³/mol. The summed E-state index contributed by atoms with van der Waals surface area (Å²) in [5.41, 5.74) is 0. The lowest BCUT2D eigenvalue weighted by Crippen LogP contribution is -2.58. The van der Waals surface area contributed by atoms with Gasteiger partial charge in [0.2, 0.25) is 0 Å². The van der Waals surface area contributed by atoms with Crippen LogP contribution in [-0.4, -0.2) is 65.0 Å². The summed E-state index contributed by atoms with van der Waals surface area (Å²) in [5, 5.41) is 9.38. The summed E-state index contributed by atoms with van der Waals surface area (Å²) in [5.74, 6) is 0. The monoisotopic (exact) mass is 624 g/mol. The van der Waals surface area contributed by atoms with Crippen molar-refractivity contribution < 1.29 is 26.6 Å². The first kappa shape index (κ1) is 39.6. The zero-order valence-electron chi connectivity index (χ0n) is 27.8. The van der Waals surface area contributed by atoms with Gasteiger partial charge in [0.05, 0.1) is 25.9 Å². The van der Waals surface area contributed by atoms with E-state index in [1.165, 1.54) is 83.5 Å². The van der Waals surface area contributed by atoms with Crippen molar-refractivity contribution in [3.8, 4) is 0 Å². The molecule has 6 nitrogen and oxygen atoms in total. The van der Waals surface area contributed by atoms with E-state index in [0.717, 1.165) is 12.5 Å². The molecular weight excluding hydrogens is 557 g/mol. The van der Waals surface area contributed by atoms with Crippen molar-refractivity contribution in [1.29, 1.82) is 0 Å². The van der Waals surface area contributed by atoms with Crippen LogP contribution in [0.5, 0.6) is 0 Å². The van der Waals surface area contributed by atoms with Gasteiger partial charge in [-0.1, -0.05) is 96.8 Å². The normalized spacial score (nSPS) is 15.5. The van der Waals surface area contributed by atoms with Crippen molar-refractivity contribution in [2.75, 3.05) is 19.8 Å². The van der Waals surface area contributed by atoms with Gasteiger partial charge in [-0.3, -0.25) is 0 Å². The molecule has 0 bridgehead atoms. The minimum absolute atomic E-state index is 0.328. The van der Waals surface area contributed by atoms with E-state index in [2.05, 4.69) is 59.3 Å². The topological polar surface area (TPSA) is 66.4 Å². The highest BCUT2D eigenvalue weighted by Crippen LogP contribution is 2.29. The van der Waals surface area contributed by atoms with Crippen LogP contribution in [0.3, 0.4) is 0 Å². The van der Waals surface area contributed by atoms with E-state index < -0.39 is 40.1 Å². The lowest BCUT2D eigenvalue weighted by molar-refractivity contribution is 0.0287. The number of aliphatic hydroxyl groups excluding tert-OH is 1. The van der Waals surface area contributed by atoms with Crippen molar-refractivity contribution in [1.82, 2.24) is 0 Å². The van der Waals surface area contributed by atoms with Crippen LogP contribution in [0.4, 0.5) is 0 Å². The molecule has 0 radical (unpaired) electrons. The number of aliphatic hydroxyl groups is 1. The molecule has 0 saturated heterocycles. The predicted octanol–water partition coefficient (Wildman–Crippen LogP) is 9.24. The summed E-state index contributed by atoms with van der Waals surface area (Å²) in [6.07, 6.45) is 18.6. The first-order valence-electron chi connectivity index (χ1n) is 16.1. The van der Waals surface area contributed by atoms with Crippen molar-refractivity contribution in [2.45, 2.75) is 168 Å². The van der Waals surface area contributed by atoms with E-state index in [4.69, 9.17) is 21.5 Å². The van der Waals surface area contributed by atoms with Gasteiger partial charge in [-0.2, -0.15) is 0 Å². The molecule has 0 amide bonds. The fraction of sp³-hybridized carbons (Fsp3) is 1.00. The second-order valence-corrected chi connectivity index (χ2v) is 28.8. The van der Waals surface area contributed by atoms with Crippen LogP contribution in [-0.2, 0) is 21.5 Å². The van der Waals surface area contributed by atoms with Crippen molar-refractivity contribution in [3.63, 3.8) is 0 Å². The summed E-state index contributed by atoms with van der Waals surface area (Å²) >= 11 is 0. The Hall–Kier alpha value is 0.628. The molecule has 10 heteroatoms. The molecule has 2 atom stereocenters. The largest absolute Gasteiger partial charge is 0.437 e. The Labute approximate surface area is 248 Å². The van der Waals surface area contributed by atoms with E-state index in [1.54, 1.807) is 6.92 Å². The molecule has 0 fully saturated rings. The van der Waals surface area contributed by atoms with Gasteiger partial charge in [0.1, 0.15) is 0 Å². The Kier molecular flexibility index (Phi) is 21.7. The average molecular weight is 625 g/mol. The summed E-state index contributed by atoms with van der Waals surface area (Å²) in [6, 6.07) is 0.981. The standard InChI is InChI=1S/C29H68O6Si4/c1-11-12-13-14-15-16-17-18-19-20-21-22-23-24-27-39(10,35-38(8,9)33-36(3,4)5)34-37(6,7)32-26-25-31-28-29(2)30/h29-30H,11-28H2,1-10H3. The third-order valence-electron chi connectivity index (χ3n) is 6.50. The van der Waals surface area contributed by atoms with Crippen molar-refractivity contribution in [2.24, 2.45) is 0 Å². The first-order valence-corrected chi connectivity index (χ1v) is 27.7. The maximum atomic E-state index is 9.38. The van der Waals surface area contributed by atoms with Gasteiger partial charge in [-0.15, -0.1) is 0 Å². The number of hydrogen-bond acceptors (Lipinski definition) is 6. The molecular formula is C29H68O6Si4. The number of unbranched alkanes of at least 4 members (excludes halogenated alkanes) is 13. The minimum atomic E-state index is -2.49. The zero-order valence-corrected chi connectivity index (χ0v) is 31.8. The Morgan fingerprint density at radius 2 is 1.00 bits per heavy atom. The maximum absolute atomic E-state index is 9.38. The Morgan fingerprint density at radius 3 is 1.44 bits per heavy atom. The van der Waals surface area contributed by atoms with Gasteiger partial charge in [0.25, 0.3) is 0 Å². The molecule has 0 aromatic heterocycles. The summed E-state index contributed by atoms with van der Waals surface area (Å²) in [7, 11) is -8.95. The van der Waals surface area contributed by atoms with Crippen LogP contribution < -0.4 is 0 Å². The van der Waals surface area contributed by atoms with Crippen molar-refractivity contribution in [3.05, 3.63) is 0 Å². The van der Waals surface area contributed by atoms with Gasteiger partial charge in [-0.05, 0) is 65.3 Å². The third kappa shape index (κ3) is 26.0. The highest BCUT2D eigenvalue weighted by Gasteiger charge is 2.45. The molecule has 0 aliphatic rings. The van der Waals surface area contributed by atoms with E-state index >= 15 is 0 Å². The highest BCUT2D eigenvalue weighted by atomic mass is 28.5. The molecule has 0 rings (SSSR count). The Bertz CT molecular complexity index is 587. The van der Waals surface area contributed by atoms with Gasteiger partial charge >= 0.3 is 25.7 Å². The van der Waals surface area contributed by atoms with Crippen LogP contribution in [0.15, 0.2) is 0 Å². The first-order chi connectivity index (χ1) is 18.1. The molecule has 0 heterocycles. The SMILES string of the molecule is CCCCCCCCCCCCCCCC[Si](C)(O[Si](C)(C)OCCOCC(C)O)O[Si](C)(C)O[Si](C)(C)C. The maximum Gasteiger partial charge on any atom is 0.323 e. The molecule has 0 aliphatic heterocycles. The van der Waals surface area contributed by atoms with Crippen LogP contribution in [0.2, 0.25) is 58.4 Å². The fourth-order valence-electron chi connectivity index (χ4n) is 5.19. The molecule has 1 N–H and O–H groups in total. The average Bonchev–Trinajstić information content (AvgIpc) is 2.76. The summed E-state index contributed by atoms with van der Waals surface area (Å²) in [4.78, 5) is 0. The lowest BCUT2D eigenvalue weighted by atomic mass is 10.0. The van der Waals surface area contributed by atoms with Gasteiger partial charge in [0.15, 0.2) is 8.32 Å². The summed E-state index contributed by atoms with van der Waals surface area (Å²) in [6.45, 7) is 22.7. The molecule has 0 aliphatic carbocycles. The lowest BCUT2D eigenvalue weighted by Gasteiger charge is -2.41. The minimum Gasteiger partial charge on any atom is -0.437 e.